The van der Waals surface area contributed by atoms with E-state index >= 15 is 0 Å². The molecule has 3 aromatic heterocycles. The van der Waals surface area contributed by atoms with Crippen molar-refractivity contribution in [1.29, 1.82) is 0 Å². The monoisotopic (exact) mass is 315 g/mol. The maximum Gasteiger partial charge on any atom is 0.240 e. The summed E-state index contributed by atoms with van der Waals surface area (Å²) in [5, 5.41) is 4.07. The first-order chi connectivity index (χ1) is 11.0. The van der Waals surface area contributed by atoms with Gasteiger partial charge in [0.15, 0.2) is 5.82 Å². The lowest BCUT2D eigenvalue weighted by molar-refractivity contribution is 0.183. The molecule has 0 aliphatic carbocycles. The van der Waals surface area contributed by atoms with Crippen molar-refractivity contribution in [2.45, 2.75) is 45.8 Å². The lowest BCUT2D eigenvalue weighted by Crippen LogP contribution is -2.22. The minimum atomic E-state index is -0.130. The van der Waals surface area contributed by atoms with Gasteiger partial charge in [-0.15, -0.1) is 0 Å². The van der Waals surface area contributed by atoms with E-state index in [1.807, 2.05) is 24.3 Å². The molecule has 0 spiro atoms. The van der Waals surface area contributed by atoms with Crippen molar-refractivity contribution in [1.82, 2.24) is 15.0 Å². The van der Waals surface area contributed by atoms with E-state index in [-0.39, 0.29) is 5.41 Å². The summed E-state index contributed by atoms with van der Waals surface area (Å²) in [6.45, 7) is 7.99. The lowest BCUT2D eigenvalue weighted by Gasteiger charge is -2.17. The molecule has 0 aliphatic rings. The Morgan fingerprint density at radius 1 is 0.957 bits per heavy atom. The van der Waals surface area contributed by atoms with Crippen molar-refractivity contribution < 1.29 is 13.4 Å². The molecule has 0 bridgehead atoms. The number of rotatable bonds is 6. The zero-order chi connectivity index (χ0) is 16.3. The molecule has 122 valence electrons. The van der Waals surface area contributed by atoms with Crippen LogP contribution >= 0.6 is 0 Å². The van der Waals surface area contributed by atoms with Gasteiger partial charge < -0.3 is 13.4 Å². The molecule has 23 heavy (non-hydrogen) atoms. The van der Waals surface area contributed by atoms with Gasteiger partial charge >= 0.3 is 0 Å². The van der Waals surface area contributed by atoms with E-state index in [2.05, 4.69) is 35.8 Å². The standard InChI is InChI=1S/C17H21N3O3/c1-17(2,3)16-18-15(23-19-16)12-20(10-13-6-4-8-21-13)11-14-7-5-9-22-14/h4-9H,10-12H2,1-3H3. The maximum absolute atomic E-state index is 5.44. The van der Waals surface area contributed by atoms with Gasteiger partial charge in [0.05, 0.1) is 32.2 Å². The summed E-state index contributed by atoms with van der Waals surface area (Å²) in [4.78, 5) is 6.64. The van der Waals surface area contributed by atoms with Crippen molar-refractivity contribution >= 4 is 0 Å². The summed E-state index contributed by atoms with van der Waals surface area (Å²) in [6.07, 6.45) is 3.34. The van der Waals surface area contributed by atoms with Crippen LogP contribution in [0.15, 0.2) is 50.1 Å². The fraction of sp³-hybridized carbons (Fsp3) is 0.412. The van der Waals surface area contributed by atoms with E-state index in [1.165, 1.54) is 0 Å². The third-order valence-electron chi connectivity index (χ3n) is 3.42. The Hall–Kier alpha value is -2.34. The molecule has 0 radical (unpaired) electrons. The fourth-order valence-electron chi connectivity index (χ4n) is 2.23. The second-order valence-electron chi connectivity index (χ2n) is 6.57. The summed E-state index contributed by atoms with van der Waals surface area (Å²) in [7, 11) is 0. The van der Waals surface area contributed by atoms with Crippen LogP contribution in [0, 0.1) is 0 Å². The number of hydrogen-bond acceptors (Lipinski definition) is 6. The van der Waals surface area contributed by atoms with E-state index in [0.717, 1.165) is 11.5 Å². The van der Waals surface area contributed by atoms with Gasteiger partial charge in [-0.1, -0.05) is 25.9 Å². The Labute approximate surface area is 135 Å². The fourth-order valence-corrected chi connectivity index (χ4v) is 2.23. The van der Waals surface area contributed by atoms with Gasteiger partial charge in [-0.25, -0.2) is 0 Å². The van der Waals surface area contributed by atoms with Crippen LogP contribution in [0.2, 0.25) is 0 Å². The molecule has 0 saturated heterocycles. The van der Waals surface area contributed by atoms with Gasteiger partial charge in [-0.2, -0.15) is 4.98 Å². The highest BCUT2D eigenvalue weighted by Gasteiger charge is 2.22. The zero-order valence-electron chi connectivity index (χ0n) is 13.7. The first-order valence-electron chi connectivity index (χ1n) is 7.61. The molecule has 0 unspecified atom stereocenters. The summed E-state index contributed by atoms with van der Waals surface area (Å²) in [5.74, 6) is 3.07. The third-order valence-corrected chi connectivity index (χ3v) is 3.42. The molecule has 3 rings (SSSR count). The lowest BCUT2D eigenvalue weighted by atomic mass is 9.96. The highest BCUT2D eigenvalue weighted by Crippen LogP contribution is 2.20. The molecule has 3 aromatic rings. The molecule has 6 nitrogen and oxygen atoms in total. The van der Waals surface area contributed by atoms with Crippen LogP contribution in [0.4, 0.5) is 0 Å². The van der Waals surface area contributed by atoms with Crippen LogP contribution in [0.25, 0.3) is 0 Å². The molecule has 0 saturated carbocycles. The average molecular weight is 315 g/mol. The van der Waals surface area contributed by atoms with Gasteiger partial charge in [0.25, 0.3) is 0 Å². The number of hydrogen-bond donors (Lipinski definition) is 0. The van der Waals surface area contributed by atoms with Crippen LogP contribution in [0.3, 0.4) is 0 Å². The first-order valence-corrected chi connectivity index (χ1v) is 7.61. The van der Waals surface area contributed by atoms with Gasteiger partial charge in [0.2, 0.25) is 5.89 Å². The van der Waals surface area contributed by atoms with Crippen LogP contribution in [-0.4, -0.2) is 15.0 Å². The van der Waals surface area contributed by atoms with E-state index in [0.29, 0.717) is 31.3 Å². The topological polar surface area (TPSA) is 68.4 Å². The number of nitrogens with zero attached hydrogens (tertiary/aromatic N) is 3. The van der Waals surface area contributed by atoms with Crippen molar-refractivity contribution in [2.24, 2.45) is 0 Å². The molecule has 0 fully saturated rings. The Morgan fingerprint density at radius 2 is 1.57 bits per heavy atom. The Balaban J connectivity index is 1.73. The molecule has 0 N–H and O–H groups in total. The van der Waals surface area contributed by atoms with Crippen molar-refractivity contribution in [2.75, 3.05) is 0 Å². The Morgan fingerprint density at radius 3 is 2.00 bits per heavy atom. The van der Waals surface area contributed by atoms with Crippen LogP contribution in [-0.2, 0) is 25.0 Å². The summed E-state index contributed by atoms with van der Waals surface area (Å²) < 4.78 is 16.3. The number of furan rings is 2. The maximum atomic E-state index is 5.44. The second-order valence-corrected chi connectivity index (χ2v) is 6.57. The SMILES string of the molecule is CC(C)(C)c1noc(CN(Cc2ccco2)Cc2ccco2)n1. The van der Waals surface area contributed by atoms with Crippen LogP contribution in [0.5, 0.6) is 0 Å². The molecule has 0 atom stereocenters. The molecule has 3 heterocycles. The third kappa shape index (κ3) is 4.10. The zero-order valence-corrected chi connectivity index (χ0v) is 13.7. The first kappa shape index (κ1) is 15.6. The van der Waals surface area contributed by atoms with Crippen LogP contribution in [0.1, 0.15) is 44.0 Å². The predicted octanol–water partition coefficient (Wildman–Crippen LogP) is 3.76. The molecule has 0 aromatic carbocycles. The van der Waals surface area contributed by atoms with Gasteiger partial charge in [0, 0.05) is 5.41 Å². The smallest absolute Gasteiger partial charge is 0.240 e. The normalized spacial score (nSPS) is 12.2. The molecule has 0 amide bonds. The van der Waals surface area contributed by atoms with Crippen molar-refractivity contribution in [3.63, 3.8) is 0 Å². The highest BCUT2D eigenvalue weighted by molar-refractivity contribution is 5.03. The van der Waals surface area contributed by atoms with Crippen LogP contribution < -0.4 is 0 Å². The van der Waals surface area contributed by atoms with Gasteiger partial charge in [-0.3, -0.25) is 4.90 Å². The molecular weight excluding hydrogens is 294 g/mol. The van der Waals surface area contributed by atoms with Crippen molar-refractivity contribution in [3.8, 4) is 0 Å². The largest absolute Gasteiger partial charge is 0.468 e. The Bertz CT molecular complexity index is 672. The van der Waals surface area contributed by atoms with E-state index in [4.69, 9.17) is 13.4 Å². The molecule has 0 aliphatic heterocycles. The molecule has 6 heteroatoms. The van der Waals surface area contributed by atoms with E-state index in [1.54, 1.807) is 12.5 Å². The molecular formula is C17H21N3O3. The minimum Gasteiger partial charge on any atom is -0.468 e. The predicted molar refractivity (Wildman–Crippen MR) is 83.4 cm³/mol. The van der Waals surface area contributed by atoms with Gasteiger partial charge in [0.1, 0.15) is 11.5 Å². The summed E-state index contributed by atoms with van der Waals surface area (Å²) in [6, 6.07) is 7.66. The summed E-state index contributed by atoms with van der Waals surface area (Å²) >= 11 is 0. The number of aromatic nitrogens is 2. The van der Waals surface area contributed by atoms with Crippen molar-refractivity contribution in [3.05, 3.63) is 60.0 Å². The highest BCUT2D eigenvalue weighted by atomic mass is 16.5. The summed E-state index contributed by atoms with van der Waals surface area (Å²) in [5.41, 5.74) is -0.130. The quantitative estimate of drug-likeness (QED) is 0.690. The van der Waals surface area contributed by atoms with Gasteiger partial charge in [-0.05, 0) is 24.3 Å². The second kappa shape index (κ2) is 6.42. The Kier molecular flexibility index (Phi) is 4.34. The van der Waals surface area contributed by atoms with E-state index < -0.39 is 0 Å². The van der Waals surface area contributed by atoms with E-state index in [9.17, 15) is 0 Å². The minimum absolute atomic E-state index is 0.130. The average Bonchev–Trinajstić information content (AvgIpc) is 3.18.